The number of alkyl carbamates (subject to hydrolysis) is 1. The average molecular weight is 350 g/mol. The first-order valence-corrected chi connectivity index (χ1v) is 9.05. The zero-order valence-electron chi connectivity index (χ0n) is 15.0. The molecule has 6 heteroatoms. The first-order valence-electron chi connectivity index (χ1n) is 9.05. The molecule has 0 saturated heterocycles. The smallest absolute Gasteiger partial charge is 0.407 e. The van der Waals surface area contributed by atoms with Crippen molar-refractivity contribution in [2.45, 2.75) is 44.4 Å². The number of ether oxygens (including phenoxy) is 3. The second-order valence-corrected chi connectivity index (χ2v) is 6.34. The number of nitrogens with one attached hydrogen (secondary N) is 2. The van der Waals surface area contributed by atoms with Crippen LogP contribution in [0, 0.1) is 0 Å². The lowest BCUT2D eigenvalue weighted by molar-refractivity contribution is 0.0686. The third-order valence-corrected chi connectivity index (χ3v) is 4.25. The molecular formula is C19H30N2O4. The van der Waals surface area contributed by atoms with Crippen LogP contribution in [0.4, 0.5) is 4.79 Å². The summed E-state index contributed by atoms with van der Waals surface area (Å²) in [7, 11) is 1.68. The van der Waals surface area contributed by atoms with Crippen molar-refractivity contribution in [3.8, 4) is 0 Å². The first-order chi connectivity index (χ1) is 12.3. The lowest BCUT2D eigenvalue weighted by Gasteiger charge is -2.36. The molecule has 1 saturated carbocycles. The Bertz CT molecular complexity index is 478. The fourth-order valence-corrected chi connectivity index (χ4v) is 2.71. The molecule has 1 amide bonds. The molecular weight excluding hydrogens is 320 g/mol. The molecule has 0 atom stereocenters. The summed E-state index contributed by atoms with van der Waals surface area (Å²) in [4.78, 5) is 11.8. The maximum atomic E-state index is 11.8. The molecule has 1 aliphatic rings. The van der Waals surface area contributed by atoms with E-state index in [1.165, 1.54) is 0 Å². The predicted molar refractivity (Wildman–Crippen MR) is 96.5 cm³/mol. The zero-order valence-corrected chi connectivity index (χ0v) is 15.0. The average Bonchev–Trinajstić information content (AvgIpc) is 2.60. The molecule has 0 unspecified atom stereocenters. The number of hydrogen-bond donors (Lipinski definition) is 2. The number of unbranched alkanes of at least 4 members (excludes halogenated alkanes) is 1. The van der Waals surface area contributed by atoms with Gasteiger partial charge in [0.2, 0.25) is 0 Å². The van der Waals surface area contributed by atoms with Crippen molar-refractivity contribution in [2.75, 3.05) is 33.5 Å². The lowest BCUT2D eigenvalue weighted by Crippen LogP contribution is -2.52. The number of hydrogen-bond acceptors (Lipinski definition) is 5. The van der Waals surface area contributed by atoms with Crippen LogP contribution >= 0.6 is 0 Å². The fraction of sp³-hybridized carbons (Fsp3) is 0.632. The Morgan fingerprint density at radius 2 is 1.88 bits per heavy atom. The number of benzene rings is 1. The maximum absolute atomic E-state index is 11.8. The molecule has 25 heavy (non-hydrogen) atoms. The summed E-state index contributed by atoms with van der Waals surface area (Å²) in [5.41, 5.74) is 0.997. The van der Waals surface area contributed by atoms with Gasteiger partial charge in [-0.25, -0.2) is 4.79 Å². The molecule has 1 aliphatic carbocycles. The van der Waals surface area contributed by atoms with Gasteiger partial charge in [0.25, 0.3) is 0 Å². The van der Waals surface area contributed by atoms with E-state index in [4.69, 9.17) is 14.2 Å². The van der Waals surface area contributed by atoms with Crippen LogP contribution in [0.3, 0.4) is 0 Å². The van der Waals surface area contributed by atoms with E-state index in [1.807, 2.05) is 30.3 Å². The normalized spacial score (nSPS) is 19.2. The summed E-state index contributed by atoms with van der Waals surface area (Å²) >= 11 is 0. The van der Waals surface area contributed by atoms with Gasteiger partial charge in [-0.1, -0.05) is 30.3 Å². The van der Waals surface area contributed by atoms with Gasteiger partial charge in [-0.2, -0.15) is 0 Å². The molecule has 0 bridgehead atoms. The Morgan fingerprint density at radius 3 is 2.64 bits per heavy atom. The second kappa shape index (κ2) is 11.8. The van der Waals surface area contributed by atoms with Crippen molar-refractivity contribution in [1.29, 1.82) is 0 Å². The van der Waals surface area contributed by atoms with Crippen molar-refractivity contribution in [1.82, 2.24) is 10.6 Å². The van der Waals surface area contributed by atoms with Gasteiger partial charge in [0.1, 0.15) is 6.61 Å². The highest BCUT2D eigenvalue weighted by Gasteiger charge is 2.29. The fourth-order valence-electron chi connectivity index (χ4n) is 2.71. The minimum absolute atomic E-state index is 0.221. The van der Waals surface area contributed by atoms with Crippen molar-refractivity contribution >= 4 is 6.09 Å². The van der Waals surface area contributed by atoms with Gasteiger partial charge in [0, 0.05) is 25.8 Å². The standard InChI is InChI=1S/C19H30N2O4/c1-23-11-12-24-10-6-5-9-20-17-13-18(14-17)21-19(22)25-15-16-7-3-2-4-8-16/h2-4,7-8,17-18,20H,5-6,9-15H2,1H3,(H,21,22). The van der Waals surface area contributed by atoms with Crippen molar-refractivity contribution in [3.05, 3.63) is 35.9 Å². The minimum Gasteiger partial charge on any atom is -0.445 e. The van der Waals surface area contributed by atoms with E-state index in [2.05, 4.69) is 10.6 Å². The number of rotatable bonds is 12. The van der Waals surface area contributed by atoms with Crippen LogP contribution in [0.5, 0.6) is 0 Å². The predicted octanol–water partition coefficient (Wildman–Crippen LogP) is 2.48. The van der Waals surface area contributed by atoms with E-state index >= 15 is 0 Å². The highest BCUT2D eigenvalue weighted by Crippen LogP contribution is 2.20. The molecule has 1 fully saturated rings. The molecule has 0 heterocycles. The molecule has 140 valence electrons. The van der Waals surface area contributed by atoms with Crippen molar-refractivity contribution in [3.63, 3.8) is 0 Å². The number of methoxy groups -OCH3 is 1. The summed E-state index contributed by atoms with van der Waals surface area (Å²) in [6.45, 7) is 3.41. The molecule has 2 N–H and O–H groups in total. The molecule has 1 aromatic rings. The maximum Gasteiger partial charge on any atom is 0.407 e. The SMILES string of the molecule is COCCOCCCCNC1CC(NC(=O)OCc2ccccc2)C1. The number of carbonyl (C=O) groups is 1. The van der Waals surface area contributed by atoms with Crippen molar-refractivity contribution in [2.24, 2.45) is 0 Å². The lowest BCUT2D eigenvalue weighted by atomic mass is 9.87. The Balaban J connectivity index is 1.41. The van der Waals surface area contributed by atoms with E-state index in [-0.39, 0.29) is 12.1 Å². The van der Waals surface area contributed by atoms with Gasteiger partial charge < -0.3 is 24.8 Å². The summed E-state index contributed by atoms with van der Waals surface area (Å²) in [5.74, 6) is 0. The highest BCUT2D eigenvalue weighted by atomic mass is 16.5. The molecule has 1 aromatic carbocycles. The molecule has 0 radical (unpaired) electrons. The van der Waals surface area contributed by atoms with E-state index in [9.17, 15) is 4.79 Å². The summed E-state index contributed by atoms with van der Waals surface area (Å²) in [5, 5.41) is 6.42. The second-order valence-electron chi connectivity index (χ2n) is 6.34. The van der Waals surface area contributed by atoms with Crippen LogP contribution < -0.4 is 10.6 Å². The first kappa shape index (κ1) is 19.7. The Kier molecular flexibility index (Phi) is 9.33. The third kappa shape index (κ3) is 8.34. The molecule has 0 spiro atoms. The Hall–Kier alpha value is -1.63. The molecule has 0 aromatic heterocycles. The van der Waals surface area contributed by atoms with Gasteiger partial charge >= 0.3 is 6.09 Å². The Morgan fingerprint density at radius 1 is 1.08 bits per heavy atom. The summed E-state index contributed by atoms with van der Waals surface area (Å²) in [6.07, 6.45) is 3.74. The highest BCUT2D eigenvalue weighted by molar-refractivity contribution is 5.67. The molecule has 0 aliphatic heterocycles. The van der Waals surface area contributed by atoms with Gasteiger partial charge in [-0.05, 0) is 37.8 Å². The van der Waals surface area contributed by atoms with Gasteiger partial charge in [-0.15, -0.1) is 0 Å². The van der Waals surface area contributed by atoms with Crippen LogP contribution in [0.15, 0.2) is 30.3 Å². The quantitative estimate of drug-likeness (QED) is 0.567. The van der Waals surface area contributed by atoms with E-state index in [0.717, 1.165) is 44.4 Å². The summed E-state index contributed by atoms with van der Waals surface area (Å²) < 4.78 is 15.6. The van der Waals surface area contributed by atoms with Crippen LogP contribution in [-0.4, -0.2) is 51.7 Å². The molecule has 2 rings (SSSR count). The number of amides is 1. The van der Waals surface area contributed by atoms with Gasteiger partial charge in [0.15, 0.2) is 0 Å². The van der Waals surface area contributed by atoms with Gasteiger partial charge in [-0.3, -0.25) is 0 Å². The number of carbonyl (C=O) groups excluding carboxylic acids is 1. The zero-order chi connectivity index (χ0) is 17.7. The van der Waals surface area contributed by atoms with E-state index in [0.29, 0.717) is 25.9 Å². The topological polar surface area (TPSA) is 68.8 Å². The van der Waals surface area contributed by atoms with Gasteiger partial charge in [0.05, 0.1) is 13.2 Å². The van der Waals surface area contributed by atoms with Crippen LogP contribution in [0.25, 0.3) is 0 Å². The monoisotopic (exact) mass is 350 g/mol. The third-order valence-electron chi connectivity index (χ3n) is 4.25. The van der Waals surface area contributed by atoms with Crippen LogP contribution in [0.2, 0.25) is 0 Å². The van der Waals surface area contributed by atoms with Crippen molar-refractivity contribution < 1.29 is 19.0 Å². The van der Waals surface area contributed by atoms with Crippen LogP contribution in [-0.2, 0) is 20.8 Å². The summed E-state index contributed by atoms with van der Waals surface area (Å²) in [6, 6.07) is 10.4. The van der Waals surface area contributed by atoms with E-state index in [1.54, 1.807) is 7.11 Å². The van der Waals surface area contributed by atoms with E-state index < -0.39 is 0 Å². The largest absolute Gasteiger partial charge is 0.445 e. The molecule has 6 nitrogen and oxygen atoms in total. The minimum atomic E-state index is -0.333. The van der Waals surface area contributed by atoms with Crippen LogP contribution in [0.1, 0.15) is 31.2 Å². The Labute approximate surface area is 150 Å².